The number of nitrogens with zero attached hydrogens (tertiary/aromatic N) is 1. The number of aromatic nitrogens is 1. The van der Waals surface area contributed by atoms with Gasteiger partial charge in [0.25, 0.3) is 0 Å². The summed E-state index contributed by atoms with van der Waals surface area (Å²) >= 11 is 11.1. The molecule has 3 aromatic rings. The second-order valence-electron chi connectivity index (χ2n) is 5.63. The molecule has 0 aliphatic heterocycles. The minimum absolute atomic E-state index is 0.124. The van der Waals surface area contributed by atoms with E-state index in [4.69, 9.17) is 27.8 Å². The Labute approximate surface area is 152 Å². The van der Waals surface area contributed by atoms with Crippen molar-refractivity contribution < 1.29 is 8.76 Å². The lowest BCUT2D eigenvalue weighted by Gasteiger charge is -2.11. The lowest BCUT2D eigenvalue weighted by Crippen LogP contribution is -1.97. The fourth-order valence-electron chi connectivity index (χ4n) is 2.65. The minimum atomic E-state index is -1.84. The first kappa shape index (κ1) is 17.4. The zero-order valence-electron chi connectivity index (χ0n) is 12.9. The molecule has 3 rings (SSSR count). The van der Waals surface area contributed by atoms with Crippen LogP contribution in [-0.2, 0) is 23.3 Å². The highest BCUT2D eigenvalue weighted by Crippen LogP contribution is 2.33. The lowest BCUT2D eigenvalue weighted by molar-refractivity contribution is 0.563. The van der Waals surface area contributed by atoms with Gasteiger partial charge >= 0.3 is 0 Å². The van der Waals surface area contributed by atoms with Gasteiger partial charge in [-0.25, -0.2) is 9.19 Å². The van der Waals surface area contributed by atoms with E-state index in [1.165, 1.54) is 0 Å². The Morgan fingerprint density at radius 3 is 2.42 bits per heavy atom. The smallest absolute Gasteiger partial charge is 0.157 e. The summed E-state index contributed by atoms with van der Waals surface area (Å²) in [4.78, 5) is 4.50. The van der Waals surface area contributed by atoms with E-state index in [2.05, 4.69) is 4.98 Å². The van der Waals surface area contributed by atoms with Crippen LogP contribution in [0.25, 0.3) is 10.9 Å². The van der Waals surface area contributed by atoms with Crippen LogP contribution in [0.5, 0.6) is 0 Å². The lowest BCUT2D eigenvalue weighted by atomic mass is 10.0. The van der Waals surface area contributed by atoms with Gasteiger partial charge in [0.15, 0.2) is 11.1 Å². The first-order valence-corrected chi connectivity index (χ1v) is 9.37. The Balaban J connectivity index is 1.97. The number of rotatable bonds is 4. The summed E-state index contributed by atoms with van der Waals surface area (Å²) in [5.74, 6) is 0.124. The second-order valence-corrected chi connectivity index (χ2v) is 7.29. The highest BCUT2D eigenvalue weighted by molar-refractivity contribution is 7.78. The average Bonchev–Trinajstić information content (AvgIpc) is 2.54. The number of para-hydroxylation sites is 1. The standard InChI is InChI=1S/C18H15Cl2NO2S/c1-11-3-2-4-14-16(19)15(18(20)21-17(11)14)9-12-5-7-13(8-6-12)10-24(22)23/h2-8H,9-10H2,1H3,(H,22,23). The van der Waals surface area contributed by atoms with Crippen LogP contribution in [0, 0.1) is 6.92 Å². The summed E-state index contributed by atoms with van der Waals surface area (Å²) in [6, 6.07) is 13.4. The maximum absolute atomic E-state index is 10.9. The number of aryl methyl sites for hydroxylation is 1. The van der Waals surface area contributed by atoms with Crippen LogP contribution < -0.4 is 0 Å². The van der Waals surface area contributed by atoms with Crippen LogP contribution in [0.15, 0.2) is 42.5 Å². The molecule has 124 valence electrons. The fraction of sp³-hybridized carbons (Fsp3) is 0.167. The monoisotopic (exact) mass is 379 g/mol. The third-order valence-corrected chi connectivity index (χ3v) is 5.22. The maximum atomic E-state index is 10.9. The van der Waals surface area contributed by atoms with Gasteiger partial charge in [0.1, 0.15) is 5.15 Å². The molecule has 1 atom stereocenters. The van der Waals surface area contributed by atoms with E-state index >= 15 is 0 Å². The van der Waals surface area contributed by atoms with Crippen molar-refractivity contribution in [1.29, 1.82) is 0 Å². The van der Waals surface area contributed by atoms with Crippen molar-refractivity contribution in [2.24, 2.45) is 0 Å². The Morgan fingerprint density at radius 1 is 1.08 bits per heavy atom. The maximum Gasteiger partial charge on any atom is 0.157 e. The van der Waals surface area contributed by atoms with Crippen LogP contribution in [0.1, 0.15) is 22.3 Å². The molecule has 0 fully saturated rings. The molecule has 2 aromatic carbocycles. The summed E-state index contributed by atoms with van der Waals surface area (Å²) in [5, 5.41) is 1.92. The van der Waals surface area contributed by atoms with Crippen LogP contribution >= 0.6 is 23.2 Å². The highest BCUT2D eigenvalue weighted by Gasteiger charge is 2.14. The third-order valence-electron chi connectivity index (χ3n) is 3.89. The largest absolute Gasteiger partial charge is 0.306 e. The summed E-state index contributed by atoms with van der Waals surface area (Å²) in [6.45, 7) is 1.98. The number of fused-ring (bicyclic) bond motifs is 1. The quantitative estimate of drug-likeness (QED) is 0.502. The molecule has 1 heterocycles. The van der Waals surface area contributed by atoms with Crippen LogP contribution in [-0.4, -0.2) is 13.7 Å². The van der Waals surface area contributed by atoms with E-state index in [0.717, 1.165) is 33.2 Å². The Bertz CT molecular complexity index is 926. The summed E-state index contributed by atoms with van der Waals surface area (Å²) in [5.41, 5.74) is 4.46. The van der Waals surface area contributed by atoms with Gasteiger partial charge in [0.2, 0.25) is 0 Å². The second kappa shape index (κ2) is 7.19. The number of halogens is 2. The fourth-order valence-corrected chi connectivity index (χ4v) is 3.73. The Hall–Kier alpha value is -1.46. The van der Waals surface area contributed by atoms with Crippen LogP contribution in [0.3, 0.4) is 0 Å². The highest BCUT2D eigenvalue weighted by atomic mass is 35.5. The van der Waals surface area contributed by atoms with Crippen molar-refractivity contribution in [2.45, 2.75) is 19.1 Å². The van der Waals surface area contributed by atoms with Gasteiger partial charge in [0, 0.05) is 17.4 Å². The van der Waals surface area contributed by atoms with Crippen molar-refractivity contribution >= 4 is 45.2 Å². The number of benzene rings is 2. The predicted octanol–water partition coefficient (Wildman–Crippen LogP) is 5.16. The first-order valence-electron chi connectivity index (χ1n) is 7.34. The first-order chi connectivity index (χ1) is 11.5. The summed E-state index contributed by atoms with van der Waals surface area (Å²) in [7, 11) is 0. The molecule has 3 nitrogen and oxygen atoms in total. The van der Waals surface area contributed by atoms with Gasteiger partial charge in [-0.1, -0.05) is 65.7 Å². The topological polar surface area (TPSA) is 50.2 Å². The molecule has 0 bridgehead atoms. The van der Waals surface area contributed by atoms with Crippen molar-refractivity contribution in [3.8, 4) is 0 Å². The molecule has 6 heteroatoms. The van der Waals surface area contributed by atoms with Crippen LogP contribution in [0.4, 0.5) is 0 Å². The van der Waals surface area contributed by atoms with Gasteiger partial charge in [-0.3, -0.25) is 0 Å². The van der Waals surface area contributed by atoms with Crippen LogP contribution in [0.2, 0.25) is 10.2 Å². The summed E-state index contributed by atoms with van der Waals surface area (Å²) < 4.78 is 19.8. The number of hydrogen-bond donors (Lipinski definition) is 1. The van der Waals surface area contributed by atoms with E-state index in [-0.39, 0.29) is 5.75 Å². The molecule has 0 aliphatic rings. The van der Waals surface area contributed by atoms with E-state index in [1.54, 1.807) is 0 Å². The zero-order chi connectivity index (χ0) is 17.3. The van der Waals surface area contributed by atoms with Crippen molar-refractivity contribution in [2.75, 3.05) is 0 Å². The van der Waals surface area contributed by atoms with Gasteiger partial charge in [-0.2, -0.15) is 0 Å². The molecule has 0 saturated carbocycles. The molecule has 1 unspecified atom stereocenters. The number of pyridine rings is 1. The summed E-state index contributed by atoms with van der Waals surface area (Å²) in [6.07, 6.45) is 0.553. The molecule has 1 aromatic heterocycles. The normalized spacial score (nSPS) is 12.5. The zero-order valence-corrected chi connectivity index (χ0v) is 15.3. The van der Waals surface area contributed by atoms with E-state index in [9.17, 15) is 4.21 Å². The van der Waals surface area contributed by atoms with E-state index < -0.39 is 11.1 Å². The molecule has 0 amide bonds. The SMILES string of the molecule is Cc1cccc2c(Cl)c(Cc3ccc(CS(=O)O)cc3)c(Cl)nc12. The predicted molar refractivity (Wildman–Crippen MR) is 100 cm³/mol. The third kappa shape index (κ3) is 3.62. The molecular weight excluding hydrogens is 365 g/mol. The number of hydrogen-bond acceptors (Lipinski definition) is 2. The minimum Gasteiger partial charge on any atom is -0.306 e. The van der Waals surface area contributed by atoms with Gasteiger partial charge in [-0.15, -0.1) is 0 Å². The van der Waals surface area contributed by atoms with Gasteiger partial charge in [-0.05, 0) is 23.6 Å². The Kier molecular flexibility index (Phi) is 5.21. The molecule has 0 radical (unpaired) electrons. The van der Waals surface area contributed by atoms with E-state index in [0.29, 0.717) is 16.6 Å². The molecule has 0 spiro atoms. The van der Waals surface area contributed by atoms with E-state index in [1.807, 2.05) is 49.4 Å². The van der Waals surface area contributed by atoms with Gasteiger partial charge < -0.3 is 4.55 Å². The molecule has 0 aliphatic carbocycles. The van der Waals surface area contributed by atoms with Crippen molar-refractivity contribution in [1.82, 2.24) is 4.98 Å². The molecular formula is C18H15Cl2NO2S. The van der Waals surface area contributed by atoms with Gasteiger partial charge in [0.05, 0.1) is 16.3 Å². The Morgan fingerprint density at radius 2 is 1.75 bits per heavy atom. The molecule has 0 saturated heterocycles. The van der Waals surface area contributed by atoms with Crippen molar-refractivity contribution in [3.05, 3.63) is 74.9 Å². The molecule has 1 N–H and O–H groups in total. The van der Waals surface area contributed by atoms with Crippen molar-refractivity contribution in [3.63, 3.8) is 0 Å². The molecule has 24 heavy (non-hydrogen) atoms. The average molecular weight is 380 g/mol.